The number of hydrogen-bond acceptors (Lipinski definition) is 5. The number of rotatable bonds is 5. The highest BCUT2D eigenvalue weighted by atomic mass is 32.1. The first-order valence-electron chi connectivity index (χ1n) is 6.06. The Balaban J connectivity index is 2.27. The molecule has 1 aromatic carbocycles. The van der Waals surface area contributed by atoms with Crippen molar-refractivity contribution in [3.8, 4) is 16.3 Å². The monoisotopic (exact) mass is 281 g/mol. The normalized spacial score (nSPS) is 12.4. The van der Waals surface area contributed by atoms with E-state index in [1.165, 1.54) is 24.5 Å². The van der Waals surface area contributed by atoms with Crippen LogP contribution in [-0.2, 0) is 0 Å². The van der Waals surface area contributed by atoms with E-state index in [0.29, 0.717) is 16.3 Å². The standard InChI is InChI=1S/C13H16FN3OS/c1-4-15-8(2)12-16-17-13(19-12)10-6-5-9(18-3)7-11(10)14/h5-8,15H,4H2,1-3H3. The molecule has 0 fully saturated rings. The van der Waals surface area contributed by atoms with Gasteiger partial charge in [-0.3, -0.25) is 0 Å². The summed E-state index contributed by atoms with van der Waals surface area (Å²) < 4.78 is 18.9. The number of benzene rings is 1. The molecule has 0 saturated heterocycles. The van der Waals surface area contributed by atoms with Crippen LogP contribution in [0.3, 0.4) is 0 Å². The summed E-state index contributed by atoms with van der Waals surface area (Å²) in [6.07, 6.45) is 0. The molecule has 0 radical (unpaired) electrons. The molecule has 102 valence electrons. The first kappa shape index (κ1) is 13.9. The lowest BCUT2D eigenvalue weighted by molar-refractivity contribution is 0.411. The van der Waals surface area contributed by atoms with Gasteiger partial charge in [0.2, 0.25) is 0 Å². The molecule has 6 heteroatoms. The predicted octanol–water partition coefficient (Wildman–Crippen LogP) is 3.02. The number of hydrogen-bond donors (Lipinski definition) is 1. The highest BCUT2D eigenvalue weighted by Gasteiger charge is 2.15. The van der Waals surface area contributed by atoms with E-state index in [-0.39, 0.29) is 11.9 Å². The maximum Gasteiger partial charge on any atom is 0.150 e. The van der Waals surface area contributed by atoms with Gasteiger partial charge in [-0.2, -0.15) is 0 Å². The summed E-state index contributed by atoms with van der Waals surface area (Å²) in [5.74, 6) is 0.144. The Morgan fingerprint density at radius 2 is 2.21 bits per heavy atom. The zero-order valence-corrected chi connectivity index (χ0v) is 11.9. The van der Waals surface area contributed by atoms with Crippen LogP contribution in [0, 0.1) is 5.82 Å². The van der Waals surface area contributed by atoms with Crippen LogP contribution in [-0.4, -0.2) is 23.9 Å². The van der Waals surface area contributed by atoms with E-state index in [4.69, 9.17) is 4.74 Å². The third kappa shape index (κ3) is 3.08. The predicted molar refractivity (Wildman–Crippen MR) is 73.9 cm³/mol. The minimum atomic E-state index is -0.349. The SMILES string of the molecule is CCNC(C)c1nnc(-c2ccc(OC)cc2F)s1. The second kappa shape index (κ2) is 6.08. The lowest BCUT2D eigenvalue weighted by atomic mass is 10.2. The van der Waals surface area contributed by atoms with Crippen LogP contribution in [0.1, 0.15) is 24.9 Å². The molecule has 2 rings (SSSR count). The maximum absolute atomic E-state index is 13.9. The van der Waals surface area contributed by atoms with Crippen LogP contribution in [0.15, 0.2) is 18.2 Å². The van der Waals surface area contributed by atoms with Gasteiger partial charge in [0.25, 0.3) is 0 Å². The largest absolute Gasteiger partial charge is 0.497 e. The fraction of sp³-hybridized carbons (Fsp3) is 0.385. The number of halogens is 1. The van der Waals surface area contributed by atoms with Gasteiger partial charge in [-0.1, -0.05) is 18.3 Å². The highest BCUT2D eigenvalue weighted by Crippen LogP contribution is 2.30. The first-order valence-corrected chi connectivity index (χ1v) is 6.88. The minimum absolute atomic E-state index is 0.123. The summed E-state index contributed by atoms with van der Waals surface area (Å²) in [5, 5.41) is 12.8. The number of nitrogens with zero attached hydrogens (tertiary/aromatic N) is 2. The molecule has 0 amide bonds. The smallest absolute Gasteiger partial charge is 0.150 e. The second-order valence-electron chi connectivity index (χ2n) is 4.07. The van der Waals surface area contributed by atoms with Crippen LogP contribution in [0.5, 0.6) is 5.75 Å². The Labute approximate surface area is 115 Å². The van der Waals surface area contributed by atoms with Crippen LogP contribution in [0.2, 0.25) is 0 Å². The van der Waals surface area contributed by atoms with E-state index in [2.05, 4.69) is 15.5 Å². The lowest BCUT2D eigenvalue weighted by Crippen LogP contribution is -2.17. The molecule has 1 N–H and O–H groups in total. The summed E-state index contributed by atoms with van der Waals surface area (Å²) in [6.45, 7) is 4.90. The van der Waals surface area contributed by atoms with Crippen molar-refractivity contribution < 1.29 is 9.13 Å². The average molecular weight is 281 g/mol. The van der Waals surface area contributed by atoms with Gasteiger partial charge < -0.3 is 10.1 Å². The zero-order chi connectivity index (χ0) is 13.8. The van der Waals surface area contributed by atoms with Crippen LogP contribution < -0.4 is 10.1 Å². The van der Waals surface area contributed by atoms with Gasteiger partial charge in [0, 0.05) is 11.6 Å². The van der Waals surface area contributed by atoms with E-state index in [1.807, 2.05) is 13.8 Å². The van der Waals surface area contributed by atoms with E-state index >= 15 is 0 Å². The van der Waals surface area contributed by atoms with Crippen LogP contribution in [0.4, 0.5) is 4.39 Å². The Morgan fingerprint density at radius 1 is 1.42 bits per heavy atom. The van der Waals surface area contributed by atoms with E-state index in [1.54, 1.807) is 12.1 Å². The summed E-state index contributed by atoms with van der Waals surface area (Å²) in [7, 11) is 1.51. The third-order valence-corrected chi connectivity index (χ3v) is 3.87. The van der Waals surface area contributed by atoms with Crippen molar-refractivity contribution in [2.45, 2.75) is 19.9 Å². The second-order valence-corrected chi connectivity index (χ2v) is 5.08. The number of aromatic nitrogens is 2. The van der Waals surface area contributed by atoms with Crippen LogP contribution in [0.25, 0.3) is 10.6 Å². The van der Waals surface area contributed by atoms with E-state index in [9.17, 15) is 4.39 Å². The summed E-state index contributed by atoms with van der Waals surface area (Å²) in [6, 6.07) is 4.85. The minimum Gasteiger partial charge on any atom is -0.497 e. The topological polar surface area (TPSA) is 47.0 Å². The average Bonchev–Trinajstić information content (AvgIpc) is 2.88. The van der Waals surface area contributed by atoms with Gasteiger partial charge in [-0.15, -0.1) is 10.2 Å². The van der Waals surface area contributed by atoms with Gasteiger partial charge in [-0.25, -0.2) is 4.39 Å². The number of methoxy groups -OCH3 is 1. The van der Waals surface area contributed by atoms with Gasteiger partial charge in [0.05, 0.1) is 13.2 Å². The molecule has 4 nitrogen and oxygen atoms in total. The Hall–Kier alpha value is -1.53. The van der Waals surface area contributed by atoms with Gasteiger partial charge >= 0.3 is 0 Å². The molecular formula is C13H16FN3OS. The molecular weight excluding hydrogens is 265 g/mol. The molecule has 1 aromatic heterocycles. The number of ether oxygens (including phenoxy) is 1. The van der Waals surface area contributed by atoms with Gasteiger partial charge in [0.15, 0.2) is 5.01 Å². The van der Waals surface area contributed by atoms with Crippen LogP contribution >= 0.6 is 11.3 Å². The van der Waals surface area contributed by atoms with Crippen molar-refractivity contribution in [2.24, 2.45) is 0 Å². The molecule has 0 bridgehead atoms. The fourth-order valence-electron chi connectivity index (χ4n) is 1.71. The fourth-order valence-corrected chi connectivity index (χ4v) is 2.61. The summed E-state index contributed by atoms with van der Waals surface area (Å²) in [5.41, 5.74) is 0.452. The van der Waals surface area contributed by atoms with Gasteiger partial charge in [0.1, 0.15) is 16.6 Å². The lowest BCUT2D eigenvalue weighted by Gasteiger charge is -2.06. The highest BCUT2D eigenvalue weighted by molar-refractivity contribution is 7.14. The molecule has 0 aliphatic heterocycles. The van der Waals surface area contributed by atoms with Crippen molar-refractivity contribution in [1.82, 2.24) is 15.5 Å². The van der Waals surface area contributed by atoms with E-state index < -0.39 is 0 Å². The Bertz CT molecular complexity index is 559. The number of nitrogens with one attached hydrogen (secondary N) is 1. The Kier molecular flexibility index (Phi) is 4.44. The molecule has 0 aliphatic rings. The molecule has 19 heavy (non-hydrogen) atoms. The maximum atomic E-state index is 13.9. The quantitative estimate of drug-likeness (QED) is 0.915. The third-order valence-electron chi connectivity index (χ3n) is 2.73. The Morgan fingerprint density at radius 3 is 2.84 bits per heavy atom. The van der Waals surface area contributed by atoms with Crippen molar-refractivity contribution >= 4 is 11.3 Å². The summed E-state index contributed by atoms with van der Waals surface area (Å²) in [4.78, 5) is 0. The molecule has 1 atom stereocenters. The summed E-state index contributed by atoms with van der Waals surface area (Å²) >= 11 is 1.40. The van der Waals surface area contributed by atoms with Crippen molar-refractivity contribution in [3.63, 3.8) is 0 Å². The van der Waals surface area contributed by atoms with Crippen molar-refractivity contribution in [3.05, 3.63) is 29.0 Å². The molecule has 0 aliphatic carbocycles. The van der Waals surface area contributed by atoms with E-state index in [0.717, 1.165) is 11.6 Å². The zero-order valence-electron chi connectivity index (χ0n) is 11.1. The van der Waals surface area contributed by atoms with Crippen molar-refractivity contribution in [1.29, 1.82) is 0 Å². The molecule has 1 heterocycles. The van der Waals surface area contributed by atoms with Crippen molar-refractivity contribution in [2.75, 3.05) is 13.7 Å². The molecule has 1 unspecified atom stereocenters. The molecule has 0 spiro atoms. The molecule has 2 aromatic rings. The first-order chi connectivity index (χ1) is 9.15. The van der Waals surface area contributed by atoms with Gasteiger partial charge in [-0.05, 0) is 25.6 Å². The molecule has 0 saturated carbocycles.